The number of nitrogens with zero attached hydrogens (tertiary/aromatic N) is 1. The van der Waals surface area contributed by atoms with Crippen LogP contribution in [0.1, 0.15) is 36.2 Å². The second-order valence-corrected chi connectivity index (χ2v) is 4.63. The molecule has 2 N–H and O–H groups in total. The molecule has 0 atom stereocenters. The number of carbonyl (C=O) groups excluding carboxylic acids is 1. The normalized spacial score (nSPS) is 16.9. The molecule has 1 aromatic heterocycles. The summed E-state index contributed by atoms with van der Waals surface area (Å²) in [5.41, 5.74) is -0.992. The predicted octanol–water partition coefficient (Wildman–Crippen LogP) is 1.22. The number of hydrogen-bond acceptors (Lipinski definition) is 4. The van der Waals surface area contributed by atoms with Crippen molar-refractivity contribution >= 4 is 11.9 Å². The number of aromatic nitrogens is 1. The molecule has 1 saturated carbocycles. The number of amides is 1. The van der Waals surface area contributed by atoms with Gasteiger partial charge in [0, 0.05) is 12.3 Å². The molecule has 0 unspecified atom stereocenters. The lowest BCUT2D eigenvalue weighted by molar-refractivity contribution is -0.144. The van der Waals surface area contributed by atoms with Gasteiger partial charge in [-0.05, 0) is 18.9 Å². The van der Waals surface area contributed by atoms with Crippen LogP contribution < -0.4 is 10.1 Å². The van der Waals surface area contributed by atoms with Crippen LogP contribution in [0.15, 0.2) is 18.3 Å². The molecule has 6 heteroatoms. The van der Waals surface area contributed by atoms with Crippen LogP contribution in [0.4, 0.5) is 0 Å². The maximum atomic E-state index is 12.1. The molecule has 2 rings (SSSR count). The number of pyridine rings is 1. The number of nitrogens with one attached hydrogen (secondary N) is 1. The second-order valence-electron chi connectivity index (χ2n) is 4.63. The smallest absolute Gasteiger partial charge is 0.329 e. The molecule has 1 aliphatic rings. The lowest BCUT2D eigenvalue weighted by atomic mass is 9.97. The number of methoxy groups -OCH3 is 1. The van der Waals surface area contributed by atoms with Crippen LogP contribution in [0.5, 0.6) is 5.75 Å². The second kappa shape index (κ2) is 5.26. The number of rotatable bonds is 4. The SMILES string of the molecule is COc1ccnc(C(=O)NC2(C(=O)O)CCCC2)c1. The largest absolute Gasteiger partial charge is 0.497 e. The molecule has 0 spiro atoms. The lowest BCUT2D eigenvalue weighted by Crippen LogP contribution is -2.52. The van der Waals surface area contributed by atoms with Crippen molar-refractivity contribution in [3.63, 3.8) is 0 Å². The number of aliphatic carboxylic acids is 1. The molecule has 1 fully saturated rings. The van der Waals surface area contributed by atoms with Gasteiger partial charge >= 0.3 is 5.97 Å². The number of carboxylic acid groups (broad SMARTS) is 1. The van der Waals surface area contributed by atoms with E-state index in [0.29, 0.717) is 18.6 Å². The van der Waals surface area contributed by atoms with Gasteiger partial charge in [-0.1, -0.05) is 12.8 Å². The van der Waals surface area contributed by atoms with Crippen molar-refractivity contribution < 1.29 is 19.4 Å². The van der Waals surface area contributed by atoms with E-state index >= 15 is 0 Å². The Morgan fingerprint density at radius 1 is 1.42 bits per heavy atom. The number of carboxylic acids is 1. The van der Waals surface area contributed by atoms with Crippen LogP contribution in [0.2, 0.25) is 0 Å². The van der Waals surface area contributed by atoms with Crippen molar-refractivity contribution in [1.82, 2.24) is 10.3 Å². The fraction of sp³-hybridized carbons (Fsp3) is 0.462. The van der Waals surface area contributed by atoms with Gasteiger partial charge in [0.15, 0.2) is 0 Å². The zero-order valence-electron chi connectivity index (χ0n) is 10.7. The summed E-state index contributed by atoms with van der Waals surface area (Å²) in [5, 5.41) is 11.9. The summed E-state index contributed by atoms with van der Waals surface area (Å²) in [6, 6.07) is 3.11. The van der Waals surface area contributed by atoms with Gasteiger partial charge in [0.2, 0.25) is 0 Å². The topological polar surface area (TPSA) is 88.5 Å². The minimum atomic E-state index is -1.15. The van der Waals surface area contributed by atoms with E-state index in [4.69, 9.17) is 4.74 Å². The van der Waals surface area contributed by atoms with E-state index in [1.165, 1.54) is 19.4 Å². The number of carbonyl (C=O) groups is 2. The zero-order valence-corrected chi connectivity index (χ0v) is 10.7. The highest BCUT2D eigenvalue weighted by atomic mass is 16.5. The van der Waals surface area contributed by atoms with E-state index in [9.17, 15) is 14.7 Å². The van der Waals surface area contributed by atoms with E-state index in [1.54, 1.807) is 6.07 Å². The number of hydrogen-bond donors (Lipinski definition) is 2. The van der Waals surface area contributed by atoms with Crippen LogP contribution in [0, 0.1) is 0 Å². The molecular weight excluding hydrogens is 248 g/mol. The summed E-state index contributed by atoms with van der Waals surface area (Å²) in [6.45, 7) is 0. The summed E-state index contributed by atoms with van der Waals surface area (Å²) >= 11 is 0. The van der Waals surface area contributed by atoms with E-state index in [2.05, 4.69) is 10.3 Å². The first-order chi connectivity index (χ1) is 9.07. The van der Waals surface area contributed by atoms with Crippen molar-refractivity contribution in [2.75, 3.05) is 7.11 Å². The highest BCUT2D eigenvalue weighted by molar-refractivity contribution is 5.96. The molecule has 0 bridgehead atoms. The van der Waals surface area contributed by atoms with Crippen LogP contribution in [-0.4, -0.2) is 34.6 Å². The van der Waals surface area contributed by atoms with Crippen molar-refractivity contribution in [1.29, 1.82) is 0 Å². The fourth-order valence-electron chi connectivity index (χ4n) is 2.31. The highest BCUT2D eigenvalue weighted by Crippen LogP contribution is 2.30. The Kier molecular flexibility index (Phi) is 3.69. The number of ether oxygens (including phenoxy) is 1. The van der Waals surface area contributed by atoms with Gasteiger partial charge in [-0.2, -0.15) is 0 Å². The Hall–Kier alpha value is -2.11. The van der Waals surface area contributed by atoms with Crippen LogP contribution >= 0.6 is 0 Å². The van der Waals surface area contributed by atoms with Gasteiger partial charge in [0.05, 0.1) is 7.11 Å². The van der Waals surface area contributed by atoms with Gasteiger partial charge in [-0.25, -0.2) is 4.79 Å². The standard InChI is InChI=1S/C13H16N2O4/c1-19-9-4-7-14-10(8-9)11(16)15-13(12(17)18)5-2-3-6-13/h4,7-8H,2-3,5-6H2,1H3,(H,15,16)(H,17,18). The Labute approximate surface area is 110 Å². The first-order valence-electron chi connectivity index (χ1n) is 6.13. The summed E-state index contributed by atoms with van der Waals surface area (Å²) in [7, 11) is 1.49. The van der Waals surface area contributed by atoms with Crippen molar-refractivity contribution in [2.45, 2.75) is 31.2 Å². The molecule has 0 saturated heterocycles. The Balaban J connectivity index is 2.17. The molecule has 19 heavy (non-hydrogen) atoms. The van der Waals surface area contributed by atoms with Crippen molar-refractivity contribution in [3.05, 3.63) is 24.0 Å². The van der Waals surface area contributed by atoms with E-state index < -0.39 is 17.4 Å². The maximum Gasteiger partial charge on any atom is 0.329 e. The highest BCUT2D eigenvalue weighted by Gasteiger charge is 2.42. The summed E-state index contributed by atoms with van der Waals surface area (Å²) < 4.78 is 5.01. The average Bonchev–Trinajstić information content (AvgIpc) is 2.88. The summed E-state index contributed by atoms with van der Waals surface area (Å²) in [6.07, 6.45) is 3.97. The van der Waals surface area contributed by atoms with E-state index in [-0.39, 0.29) is 5.69 Å². The van der Waals surface area contributed by atoms with Gasteiger partial charge in [-0.15, -0.1) is 0 Å². The molecule has 1 heterocycles. The Morgan fingerprint density at radius 3 is 2.68 bits per heavy atom. The first kappa shape index (κ1) is 13.3. The molecule has 6 nitrogen and oxygen atoms in total. The third-order valence-electron chi connectivity index (χ3n) is 3.42. The van der Waals surface area contributed by atoms with E-state index in [0.717, 1.165) is 12.8 Å². The minimum Gasteiger partial charge on any atom is -0.497 e. The third kappa shape index (κ3) is 2.67. The molecule has 0 radical (unpaired) electrons. The molecule has 1 aromatic rings. The van der Waals surface area contributed by atoms with E-state index in [1.807, 2.05) is 0 Å². The first-order valence-corrected chi connectivity index (χ1v) is 6.13. The van der Waals surface area contributed by atoms with Gasteiger partial charge in [0.25, 0.3) is 5.91 Å². The molecule has 0 aromatic carbocycles. The Bertz CT molecular complexity index is 495. The maximum absolute atomic E-state index is 12.1. The summed E-state index contributed by atoms with van der Waals surface area (Å²) in [4.78, 5) is 27.4. The monoisotopic (exact) mass is 264 g/mol. The quantitative estimate of drug-likeness (QED) is 0.853. The van der Waals surface area contributed by atoms with Crippen LogP contribution in [0.25, 0.3) is 0 Å². The molecule has 102 valence electrons. The van der Waals surface area contributed by atoms with Crippen molar-refractivity contribution in [2.24, 2.45) is 0 Å². The van der Waals surface area contributed by atoms with Crippen LogP contribution in [0.3, 0.4) is 0 Å². The van der Waals surface area contributed by atoms with Gasteiger partial charge < -0.3 is 15.2 Å². The molecular formula is C13H16N2O4. The lowest BCUT2D eigenvalue weighted by Gasteiger charge is -2.25. The van der Waals surface area contributed by atoms with Gasteiger partial charge in [-0.3, -0.25) is 9.78 Å². The Morgan fingerprint density at radius 2 is 2.11 bits per heavy atom. The van der Waals surface area contributed by atoms with Crippen LogP contribution in [-0.2, 0) is 4.79 Å². The molecule has 0 aliphatic heterocycles. The fourth-order valence-corrected chi connectivity index (χ4v) is 2.31. The predicted molar refractivity (Wildman–Crippen MR) is 67.1 cm³/mol. The molecule has 1 aliphatic carbocycles. The molecule has 1 amide bonds. The average molecular weight is 264 g/mol. The van der Waals surface area contributed by atoms with Crippen molar-refractivity contribution in [3.8, 4) is 5.75 Å². The minimum absolute atomic E-state index is 0.159. The van der Waals surface area contributed by atoms with Gasteiger partial charge in [0.1, 0.15) is 17.0 Å². The summed E-state index contributed by atoms with van der Waals surface area (Å²) in [5.74, 6) is -0.958. The zero-order chi connectivity index (χ0) is 13.9. The third-order valence-corrected chi connectivity index (χ3v) is 3.42.